The summed E-state index contributed by atoms with van der Waals surface area (Å²) < 4.78 is 28.8. The summed E-state index contributed by atoms with van der Waals surface area (Å²) in [4.78, 5) is 2.00. The van der Waals surface area contributed by atoms with E-state index in [1.807, 2.05) is 32.8 Å². The fourth-order valence-electron chi connectivity index (χ4n) is 2.51. The zero-order chi connectivity index (χ0) is 16.0. The van der Waals surface area contributed by atoms with Crippen LogP contribution in [0.15, 0.2) is 0 Å². The van der Waals surface area contributed by atoms with Crippen molar-refractivity contribution in [2.45, 2.75) is 26.7 Å². The van der Waals surface area contributed by atoms with E-state index in [1.165, 1.54) is 0 Å². The first kappa shape index (κ1) is 18.8. The predicted molar refractivity (Wildman–Crippen MR) is 85.3 cm³/mol. The second-order valence-corrected chi connectivity index (χ2v) is 8.52. The summed E-state index contributed by atoms with van der Waals surface area (Å²) in [6.07, 6.45) is 1.50. The molecule has 6 nitrogen and oxygen atoms in total. The quantitative estimate of drug-likeness (QED) is 0.705. The Morgan fingerprint density at radius 3 is 2.19 bits per heavy atom. The lowest BCUT2D eigenvalue weighted by Gasteiger charge is -2.35. The van der Waals surface area contributed by atoms with Crippen LogP contribution >= 0.6 is 0 Å². The van der Waals surface area contributed by atoms with Gasteiger partial charge in [-0.2, -0.15) is 17.0 Å². The van der Waals surface area contributed by atoms with Crippen molar-refractivity contribution in [3.63, 3.8) is 0 Å². The van der Waals surface area contributed by atoms with Crippen LogP contribution < -0.4 is 0 Å². The monoisotopic (exact) mass is 321 g/mol. The summed E-state index contributed by atoms with van der Waals surface area (Å²) in [5.41, 5.74) is 0. The molecule has 1 saturated heterocycles. The Morgan fingerprint density at radius 1 is 1.19 bits per heavy atom. The van der Waals surface area contributed by atoms with Crippen molar-refractivity contribution >= 4 is 10.2 Å². The maximum absolute atomic E-state index is 12.8. The largest absolute Gasteiger partial charge is 0.396 e. The summed E-state index contributed by atoms with van der Waals surface area (Å²) >= 11 is 0. The molecule has 126 valence electrons. The van der Waals surface area contributed by atoms with Gasteiger partial charge in [-0.05, 0) is 38.8 Å². The second kappa shape index (κ2) is 8.43. The Morgan fingerprint density at radius 2 is 1.76 bits per heavy atom. The van der Waals surface area contributed by atoms with E-state index in [9.17, 15) is 8.42 Å². The summed E-state index contributed by atoms with van der Waals surface area (Å²) in [7, 11) is 0.514. The van der Waals surface area contributed by atoms with E-state index in [-0.39, 0.29) is 12.5 Å². The Balaban J connectivity index is 2.73. The van der Waals surface area contributed by atoms with E-state index in [4.69, 9.17) is 5.11 Å². The molecule has 0 aliphatic carbocycles. The molecule has 0 atom stereocenters. The highest BCUT2D eigenvalue weighted by Crippen LogP contribution is 2.21. The number of likely N-dealkylation sites (N-methyl/N-ethyl adjacent to an activating group) is 1. The average Bonchev–Trinajstić information content (AvgIpc) is 2.42. The third-order valence-electron chi connectivity index (χ3n) is 3.85. The Labute approximate surface area is 129 Å². The molecule has 1 rings (SSSR count). The van der Waals surface area contributed by atoms with E-state index < -0.39 is 10.2 Å². The van der Waals surface area contributed by atoms with Gasteiger partial charge in [0, 0.05) is 39.3 Å². The average molecular weight is 321 g/mol. The molecular formula is C14H31N3O3S. The highest BCUT2D eigenvalue weighted by atomic mass is 32.2. The van der Waals surface area contributed by atoms with Gasteiger partial charge < -0.3 is 10.0 Å². The van der Waals surface area contributed by atoms with Crippen LogP contribution in [0.5, 0.6) is 0 Å². The van der Waals surface area contributed by atoms with E-state index >= 15 is 0 Å². The number of aliphatic hydroxyl groups is 1. The van der Waals surface area contributed by atoms with Crippen molar-refractivity contribution in [3.8, 4) is 0 Å². The van der Waals surface area contributed by atoms with E-state index in [1.54, 1.807) is 8.61 Å². The van der Waals surface area contributed by atoms with Gasteiger partial charge in [-0.1, -0.05) is 13.8 Å². The van der Waals surface area contributed by atoms with Crippen molar-refractivity contribution < 1.29 is 13.5 Å². The number of aliphatic hydroxyl groups excluding tert-OH is 1. The topological polar surface area (TPSA) is 64.1 Å². The summed E-state index contributed by atoms with van der Waals surface area (Å²) in [6.45, 7) is 7.06. The molecule has 0 aromatic carbocycles. The van der Waals surface area contributed by atoms with Gasteiger partial charge in [-0.3, -0.25) is 0 Å². The van der Waals surface area contributed by atoms with Crippen molar-refractivity contribution in [2.24, 2.45) is 11.8 Å². The maximum Gasteiger partial charge on any atom is 0.282 e. The van der Waals surface area contributed by atoms with Crippen LogP contribution in [-0.2, 0) is 10.2 Å². The Hall–Kier alpha value is -0.210. The van der Waals surface area contributed by atoms with Crippen LogP contribution in [0, 0.1) is 11.8 Å². The first-order valence-corrected chi connectivity index (χ1v) is 9.17. The first-order chi connectivity index (χ1) is 9.77. The SMILES string of the molecule is CC(C)CN(CCN(C)C)S(=O)(=O)N1CCC(CO)CC1. The Kier molecular flexibility index (Phi) is 7.56. The number of piperidine rings is 1. The molecule has 0 radical (unpaired) electrons. The van der Waals surface area contributed by atoms with Crippen LogP contribution in [0.1, 0.15) is 26.7 Å². The molecule has 1 fully saturated rings. The number of hydrogen-bond acceptors (Lipinski definition) is 4. The van der Waals surface area contributed by atoms with Gasteiger partial charge in [0.05, 0.1) is 0 Å². The molecule has 1 aliphatic rings. The molecule has 21 heavy (non-hydrogen) atoms. The van der Waals surface area contributed by atoms with Crippen molar-refractivity contribution in [3.05, 3.63) is 0 Å². The molecule has 0 spiro atoms. The molecule has 1 N–H and O–H groups in total. The summed E-state index contributed by atoms with van der Waals surface area (Å²) in [6, 6.07) is 0. The third-order valence-corrected chi connectivity index (χ3v) is 5.85. The second-order valence-electron chi connectivity index (χ2n) is 6.59. The lowest BCUT2D eigenvalue weighted by Crippen LogP contribution is -2.50. The molecule has 1 heterocycles. The molecule has 1 aliphatic heterocycles. The molecule has 0 aromatic rings. The summed E-state index contributed by atoms with van der Waals surface area (Å²) in [5.74, 6) is 0.550. The van der Waals surface area contributed by atoms with E-state index in [0.29, 0.717) is 32.1 Å². The zero-order valence-electron chi connectivity index (χ0n) is 13.8. The zero-order valence-corrected chi connectivity index (χ0v) is 14.6. The van der Waals surface area contributed by atoms with Gasteiger partial charge in [0.25, 0.3) is 10.2 Å². The smallest absolute Gasteiger partial charge is 0.282 e. The van der Waals surface area contributed by atoms with E-state index in [2.05, 4.69) is 0 Å². The van der Waals surface area contributed by atoms with Gasteiger partial charge >= 0.3 is 0 Å². The minimum Gasteiger partial charge on any atom is -0.396 e. The van der Waals surface area contributed by atoms with Crippen molar-refractivity contribution in [1.82, 2.24) is 13.5 Å². The van der Waals surface area contributed by atoms with Crippen molar-refractivity contribution in [2.75, 3.05) is 53.4 Å². The number of nitrogens with zero attached hydrogens (tertiary/aromatic N) is 3. The number of rotatable bonds is 8. The minimum absolute atomic E-state index is 0.157. The van der Waals surface area contributed by atoms with Crippen LogP contribution in [0.4, 0.5) is 0 Å². The van der Waals surface area contributed by atoms with Gasteiger partial charge in [0.2, 0.25) is 0 Å². The van der Waals surface area contributed by atoms with Gasteiger partial charge in [0.1, 0.15) is 0 Å². The predicted octanol–water partition coefficient (Wildman–Crippen LogP) is 0.455. The van der Waals surface area contributed by atoms with Gasteiger partial charge in [-0.15, -0.1) is 0 Å². The Bertz CT molecular complexity index is 390. The molecule has 0 bridgehead atoms. The van der Waals surface area contributed by atoms with Gasteiger partial charge in [0.15, 0.2) is 0 Å². The highest BCUT2D eigenvalue weighted by molar-refractivity contribution is 7.86. The molecule has 0 amide bonds. The lowest BCUT2D eigenvalue weighted by atomic mass is 10.00. The number of hydrogen-bond donors (Lipinski definition) is 1. The highest BCUT2D eigenvalue weighted by Gasteiger charge is 2.32. The molecule has 7 heteroatoms. The lowest BCUT2D eigenvalue weighted by molar-refractivity contribution is 0.165. The molecule has 0 saturated carbocycles. The molecule has 0 unspecified atom stereocenters. The van der Waals surface area contributed by atoms with Crippen LogP contribution in [-0.4, -0.2) is 80.5 Å². The van der Waals surface area contributed by atoms with Crippen LogP contribution in [0.2, 0.25) is 0 Å². The molecular weight excluding hydrogens is 290 g/mol. The molecule has 0 aromatic heterocycles. The minimum atomic E-state index is -3.39. The fourth-order valence-corrected chi connectivity index (χ4v) is 4.30. The normalized spacial score (nSPS) is 19.0. The maximum atomic E-state index is 12.8. The van der Waals surface area contributed by atoms with E-state index in [0.717, 1.165) is 19.4 Å². The first-order valence-electron chi connectivity index (χ1n) is 7.78. The van der Waals surface area contributed by atoms with Crippen LogP contribution in [0.25, 0.3) is 0 Å². The third kappa shape index (κ3) is 5.83. The summed E-state index contributed by atoms with van der Waals surface area (Å²) in [5, 5.41) is 9.17. The van der Waals surface area contributed by atoms with Crippen molar-refractivity contribution in [1.29, 1.82) is 0 Å². The van der Waals surface area contributed by atoms with Crippen LogP contribution in [0.3, 0.4) is 0 Å². The standard InChI is InChI=1S/C14H31N3O3S/c1-13(2)11-17(10-9-15(3)4)21(19,20)16-7-5-14(12-18)6-8-16/h13-14,18H,5-12H2,1-4H3. The fraction of sp³-hybridized carbons (Fsp3) is 1.00. The van der Waals surface area contributed by atoms with Gasteiger partial charge in [-0.25, -0.2) is 0 Å².